The van der Waals surface area contributed by atoms with Gasteiger partial charge in [-0.3, -0.25) is 4.72 Å². The molecule has 0 radical (unpaired) electrons. The molecule has 0 aliphatic rings. The summed E-state index contributed by atoms with van der Waals surface area (Å²) < 4.78 is 32.1. The molecule has 7 heteroatoms. The summed E-state index contributed by atoms with van der Waals surface area (Å²) in [6, 6.07) is 11.3. The third-order valence-corrected chi connectivity index (χ3v) is 5.16. The molecule has 2 aromatic carbocycles. The minimum Gasteiger partial charge on any atom is -0.280 e. The first-order valence-electron chi connectivity index (χ1n) is 5.67. The molecule has 0 fully saturated rings. The van der Waals surface area contributed by atoms with E-state index in [9.17, 15) is 8.42 Å². The third-order valence-electron chi connectivity index (χ3n) is 2.73. The van der Waals surface area contributed by atoms with E-state index < -0.39 is 10.0 Å². The van der Waals surface area contributed by atoms with Crippen molar-refractivity contribution in [2.24, 2.45) is 0 Å². The second-order valence-corrected chi connectivity index (χ2v) is 7.09. The summed E-state index contributed by atoms with van der Waals surface area (Å²) in [6.07, 6.45) is 1.71. The number of benzene rings is 2. The molecule has 1 N–H and O–H groups in total. The lowest BCUT2D eigenvalue weighted by molar-refractivity contribution is 0.601. The molecule has 1 aromatic heterocycles. The largest absolute Gasteiger partial charge is 0.280 e. The summed E-state index contributed by atoms with van der Waals surface area (Å²) in [6.45, 7) is 0. The van der Waals surface area contributed by atoms with Gasteiger partial charge in [0.2, 0.25) is 0 Å². The van der Waals surface area contributed by atoms with Crippen molar-refractivity contribution < 1.29 is 8.42 Å². The molecule has 20 heavy (non-hydrogen) atoms. The van der Waals surface area contributed by atoms with Crippen molar-refractivity contribution in [2.45, 2.75) is 4.90 Å². The number of rotatable bonds is 3. The van der Waals surface area contributed by atoms with Crippen LogP contribution in [-0.4, -0.2) is 12.8 Å². The molecule has 3 aromatic rings. The molecule has 102 valence electrons. The minimum atomic E-state index is -3.61. The molecule has 0 spiro atoms. The summed E-state index contributed by atoms with van der Waals surface area (Å²) in [5.41, 5.74) is 0.507. The van der Waals surface area contributed by atoms with Gasteiger partial charge in [0.25, 0.3) is 10.0 Å². The number of nitrogens with one attached hydrogen (secondary N) is 1. The first-order valence-corrected chi connectivity index (χ1v) is 8.31. The van der Waals surface area contributed by atoms with Crippen LogP contribution in [0.5, 0.6) is 0 Å². The van der Waals surface area contributed by atoms with Crippen molar-refractivity contribution in [3.8, 4) is 0 Å². The van der Waals surface area contributed by atoms with Gasteiger partial charge in [-0.1, -0.05) is 11.6 Å². The van der Waals surface area contributed by atoms with Crippen molar-refractivity contribution in [2.75, 3.05) is 4.72 Å². The van der Waals surface area contributed by atoms with E-state index in [0.29, 0.717) is 10.7 Å². The predicted octanol–water partition coefficient (Wildman–Crippen LogP) is 3.75. The third kappa shape index (κ3) is 2.63. The van der Waals surface area contributed by atoms with E-state index in [1.807, 2.05) is 6.07 Å². The highest BCUT2D eigenvalue weighted by atomic mass is 35.5. The molecule has 3 rings (SSSR count). The van der Waals surface area contributed by atoms with Gasteiger partial charge in [-0.25, -0.2) is 8.42 Å². The van der Waals surface area contributed by atoms with Gasteiger partial charge < -0.3 is 0 Å². The first kappa shape index (κ1) is 13.4. The fourth-order valence-electron chi connectivity index (χ4n) is 1.76. The van der Waals surface area contributed by atoms with Gasteiger partial charge >= 0.3 is 0 Å². The van der Waals surface area contributed by atoms with E-state index >= 15 is 0 Å². The van der Waals surface area contributed by atoms with E-state index in [2.05, 4.69) is 9.10 Å². The summed E-state index contributed by atoms with van der Waals surface area (Å²) in [5, 5.41) is 1.40. The Bertz CT molecular complexity index is 857. The lowest BCUT2D eigenvalue weighted by Crippen LogP contribution is -2.12. The molecule has 0 unspecified atom stereocenters. The molecule has 0 bridgehead atoms. The van der Waals surface area contributed by atoms with Gasteiger partial charge in [0.15, 0.2) is 0 Å². The van der Waals surface area contributed by atoms with E-state index in [-0.39, 0.29) is 4.90 Å². The maximum atomic E-state index is 12.2. The average Bonchev–Trinajstić information content (AvgIpc) is 2.86. The van der Waals surface area contributed by atoms with Crippen molar-refractivity contribution >= 4 is 48.9 Å². The van der Waals surface area contributed by atoms with Gasteiger partial charge in [-0.05, 0) is 54.0 Å². The smallest absolute Gasteiger partial charge is 0.261 e. The van der Waals surface area contributed by atoms with Crippen molar-refractivity contribution in [3.05, 3.63) is 53.7 Å². The Kier molecular flexibility index (Phi) is 3.37. The Morgan fingerprint density at radius 1 is 1.10 bits per heavy atom. The Hall–Kier alpha value is -1.63. The van der Waals surface area contributed by atoms with Crippen LogP contribution in [0.4, 0.5) is 5.69 Å². The van der Waals surface area contributed by atoms with E-state index in [4.69, 9.17) is 11.6 Å². The Morgan fingerprint density at radius 2 is 1.85 bits per heavy atom. The summed E-state index contributed by atoms with van der Waals surface area (Å²) >= 11 is 7.12. The average molecular weight is 325 g/mol. The van der Waals surface area contributed by atoms with Crippen LogP contribution in [0.2, 0.25) is 5.02 Å². The van der Waals surface area contributed by atoms with E-state index in [0.717, 1.165) is 10.1 Å². The number of nitrogens with zero attached hydrogens (tertiary/aromatic N) is 1. The van der Waals surface area contributed by atoms with Crippen LogP contribution in [0.15, 0.2) is 53.6 Å². The number of aromatic nitrogens is 1. The summed E-state index contributed by atoms with van der Waals surface area (Å²) in [4.78, 5) is 0.172. The maximum Gasteiger partial charge on any atom is 0.261 e. The summed E-state index contributed by atoms with van der Waals surface area (Å²) in [7, 11) is -3.61. The number of sulfonamides is 1. The molecule has 0 saturated carbocycles. The number of halogens is 1. The highest BCUT2D eigenvalue weighted by Gasteiger charge is 2.14. The Balaban J connectivity index is 1.94. The Morgan fingerprint density at radius 3 is 2.60 bits per heavy atom. The van der Waals surface area contributed by atoms with Crippen LogP contribution in [-0.2, 0) is 10.0 Å². The molecule has 0 aliphatic carbocycles. The SMILES string of the molecule is O=S(=O)(Nc1ccc2sncc2c1)c1ccc(Cl)cc1. The quantitative estimate of drug-likeness (QED) is 0.798. The number of hydrogen-bond donors (Lipinski definition) is 1. The first-order chi connectivity index (χ1) is 9.54. The second kappa shape index (κ2) is 5.05. The minimum absolute atomic E-state index is 0.172. The van der Waals surface area contributed by atoms with Gasteiger partial charge in [0.05, 0.1) is 9.60 Å². The zero-order chi connectivity index (χ0) is 14.2. The van der Waals surface area contributed by atoms with Crippen molar-refractivity contribution in [3.63, 3.8) is 0 Å². The van der Waals surface area contributed by atoms with Crippen LogP contribution >= 0.6 is 23.1 Å². The molecule has 0 atom stereocenters. The zero-order valence-electron chi connectivity index (χ0n) is 10.1. The molecule has 0 aliphatic heterocycles. The molecule has 0 saturated heterocycles. The van der Waals surface area contributed by atoms with E-state index in [1.165, 1.54) is 23.7 Å². The van der Waals surface area contributed by atoms with Gasteiger partial charge in [-0.15, -0.1) is 0 Å². The van der Waals surface area contributed by atoms with Crippen LogP contribution in [0.3, 0.4) is 0 Å². The van der Waals surface area contributed by atoms with Crippen molar-refractivity contribution in [1.29, 1.82) is 0 Å². The fraction of sp³-hybridized carbons (Fsp3) is 0. The number of fused-ring (bicyclic) bond motifs is 1. The standard InChI is InChI=1S/C13H9ClN2O2S2/c14-10-1-4-12(5-2-10)20(17,18)16-11-3-6-13-9(7-11)8-15-19-13/h1-8,16H. The topological polar surface area (TPSA) is 59.1 Å². The summed E-state index contributed by atoms with van der Waals surface area (Å²) in [5.74, 6) is 0. The molecular weight excluding hydrogens is 316 g/mol. The van der Waals surface area contributed by atoms with Crippen LogP contribution < -0.4 is 4.72 Å². The lowest BCUT2D eigenvalue weighted by atomic mass is 10.2. The maximum absolute atomic E-state index is 12.2. The lowest BCUT2D eigenvalue weighted by Gasteiger charge is -2.08. The molecular formula is C13H9ClN2O2S2. The zero-order valence-corrected chi connectivity index (χ0v) is 12.5. The van der Waals surface area contributed by atoms with Crippen molar-refractivity contribution in [1.82, 2.24) is 4.37 Å². The monoisotopic (exact) mass is 324 g/mol. The predicted molar refractivity (Wildman–Crippen MR) is 81.9 cm³/mol. The number of anilines is 1. The molecule has 1 heterocycles. The van der Waals surface area contributed by atoms with Gasteiger partial charge in [0.1, 0.15) is 0 Å². The molecule has 0 amide bonds. The van der Waals surface area contributed by atoms with Crippen LogP contribution in [0.1, 0.15) is 0 Å². The number of hydrogen-bond acceptors (Lipinski definition) is 4. The van der Waals surface area contributed by atoms with Crippen LogP contribution in [0, 0.1) is 0 Å². The molecule has 4 nitrogen and oxygen atoms in total. The Labute approximate surface area is 125 Å². The van der Waals surface area contributed by atoms with E-state index in [1.54, 1.807) is 30.5 Å². The normalized spacial score (nSPS) is 11.7. The van der Waals surface area contributed by atoms with Gasteiger partial charge in [0, 0.05) is 22.3 Å². The fourth-order valence-corrected chi connectivity index (χ4v) is 3.56. The highest BCUT2D eigenvalue weighted by Crippen LogP contribution is 2.24. The van der Waals surface area contributed by atoms with Gasteiger partial charge in [-0.2, -0.15) is 4.37 Å². The van der Waals surface area contributed by atoms with Crippen LogP contribution in [0.25, 0.3) is 10.1 Å². The second-order valence-electron chi connectivity index (χ2n) is 4.14. The highest BCUT2D eigenvalue weighted by molar-refractivity contribution is 7.92.